The van der Waals surface area contributed by atoms with Crippen molar-refractivity contribution in [2.24, 2.45) is 7.05 Å². The molecule has 1 aromatic rings. The van der Waals surface area contributed by atoms with Crippen LogP contribution in [-0.2, 0) is 11.8 Å². The van der Waals surface area contributed by atoms with Gasteiger partial charge in [-0.05, 0) is 0 Å². The molecule has 2 rings (SSSR count). The molecule has 2 atom stereocenters. The average Bonchev–Trinajstić information content (AvgIpc) is 2.65. The van der Waals surface area contributed by atoms with Crippen LogP contribution in [0.1, 0.15) is 0 Å². The minimum Gasteiger partial charge on any atom is -0.389 e. The normalized spacial score (nSPS) is 28.2. The van der Waals surface area contributed by atoms with Gasteiger partial charge in [0.1, 0.15) is 6.33 Å². The number of hydrogen-bond acceptors (Lipinski definition) is 5. The molecule has 1 aliphatic heterocycles. The summed E-state index contributed by atoms with van der Waals surface area (Å²) in [4.78, 5) is 0. The first kappa shape index (κ1) is 8.98. The summed E-state index contributed by atoms with van der Waals surface area (Å²) in [6.45, 7) is 1.01. The van der Waals surface area contributed by atoms with Gasteiger partial charge in [-0.15, -0.1) is 10.2 Å². The Hall–Kier alpha value is -0.590. The van der Waals surface area contributed by atoms with Crippen LogP contribution in [0.4, 0.5) is 0 Å². The Balaban J connectivity index is 2.01. The van der Waals surface area contributed by atoms with Crippen LogP contribution >= 0.6 is 11.8 Å². The van der Waals surface area contributed by atoms with Gasteiger partial charge in [-0.25, -0.2) is 0 Å². The van der Waals surface area contributed by atoms with Crippen LogP contribution in [0.3, 0.4) is 0 Å². The van der Waals surface area contributed by atoms with Gasteiger partial charge in [0.2, 0.25) is 0 Å². The molecule has 0 radical (unpaired) electrons. The van der Waals surface area contributed by atoms with Crippen molar-refractivity contribution in [2.45, 2.75) is 16.5 Å². The van der Waals surface area contributed by atoms with E-state index in [9.17, 15) is 5.11 Å². The lowest BCUT2D eigenvalue weighted by atomic mass is 10.3. The van der Waals surface area contributed by atoms with Gasteiger partial charge < -0.3 is 14.4 Å². The van der Waals surface area contributed by atoms with E-state index >= 15 is 0 Å². The molecule has 6 heteroatoms. The number of aryl methyl sites for hydroxylation is 1. The Morgan fingerprint density at radius 1 is 1.69 bits per heavy atom. The number of aromatic nitrogens is 3. The maximum atomic E-state index is 9.48. The zero-order valence-corrected chi connectivity index (χ0v) is 8.07. The molecule has 1 aromatic heterocycles. The second-order valence-corrected chi connectivity index (χ2v) is 4.19. The summed E-state index contributed by atoms with van der Waals surface area (Å²) in [5, 5.41) is 18.1. The first-order valence-corrected chi connectivity index (χ1v) is 4.92. The van der Waals surface area contributed by atoms with E-state index in [4.69, 9.17) is 4.74 Å². The number of hydrogen-bond donors (Lipinski definition) is 1. The van der Waals surface area contributed by atoms with Gasteiger partial charge in [-0.2, -0.15) is 0 Å². The lowest BCUT2D eigenvalue weighted by Crippen LogP contribution is -2.20. The molecule has 2 heterocycles. The fraction of sp³-hybridized carbons (Fsp3) is 0.714. The topological polar surface area (TPSA) is 60.2 Å². The molecule has 0 aromatic carbocycles. The zero-order chi connectivity index (χ0) is 9.26. The highest BCUT2D eigenvalue weighted by atomic mass is 32.2. The summed E-state index contributed by atoms with van der Waals surface area (Å²) in [6.07, 6.45) is 1.26. The monoisotopic (exact) mass is 201 g/mol. The van der Waals surface area contributed by atoms with Crippen LogP contribution in [0.25, 0.3) is 0 Å². The largest absolute Gasteiger partial charge is 0.389 e. The molecular weight excluding hydrogens is 190 g/mol. The fourth-order valence-corrected chi connectivity index (χ4v) is 2.13. The molecule has 0 bridgehead atoms. The highest BCUT2D eigenvalue weighted by Gasteiger charge is 2.28. The van der Waals surface area contributed by atoms with Gasteiger partial charge in [-0.1, -0.05) is 11.8 Å². The Morgan fingerprint density at radius 2 is 2.54 bits per heavy atom. The number of aliphatic hydroxyl groups is 1. The Labute approximate surface area is 80.1 Å². The van der Waals surface area contributed by atoms with Gasteiger partial charge >= 0.3 is 0 Å². The Bertz CT molecular complexity index is 291. The van der Waals surface area contributed by atoms with Gasteiger partial charge in [-0.3, -0.25) is 0 Å². The van der Waals surface area contributed by atoms with Crippen molar-refractivity contribution in [1.82, 2.24) is 14.8 Å². The first-order chi connectivity index (χ1) is 6.27. The molecule has 1 aliphatic rings. The average molecular weight is 201 g/mol. The molecule has 0 unspecified atom stereocenters. The highest BCUT2D eigenvalue weighted by molar-refractivity contribution is 7.99. The minimum atomic E-state index is -0.387. The minimum absolute atomic E-state index is 0.0860. The molecular formula is C7H11N3O2S. The van der Waals surface area contributed by atoms with E-state index in [1.54, 1.807) is 6.33 Å². The molecule has 1 N–H and O–H groups in total. The molecule has 0 spiro atoms. The van der Waals surface area contributed by atoms with Gasteiger partial charge in [0.15, 0.2) is 5.16 Å². The predicted octanol–water partition coefficient (Wildman–Crippen LogP) is -0.333. The molecule has 72 valence electrons. The third-order valence-corrected chi connectivity index (χ3v) is 3.26. The van der Waals surface area contributed by atoms with E-state index in [2.05, 4.69) is 10.2 Å². The van der Waals surface area contributed by atoms with Gasteiger partial charge in [0.05, 0.1) is 24.6 Å². The number of rotatable bonds is 2. The van der Waals surface area contributed by atoms with Gasteiger partial charge in [0, 0.05) is 7.05 Å². The quantitative estimate of drug-likeness (QED) is 0.709. The van der Waals surface area contributed by atoms with Crippen molar-refractivity contribution in [3.8, 4) is 0 Å². The van der Waals surface area contributed by atoms with E-state index in [-0.39, 0.29) is 11.4 Å². The number of ether oxygens (including phenoxy) is 1. The molecule has 1 fully saturated rings. The lowest BCUT2D eigenvalue weighted by molar-refractivity contribution is 0.127. The van der Waals surface area contributed by atoms with Crippen molar-refractivity contribution in [3.05, 3.63) is 6.33 Å². The summed E-state index contributed by atoms with van der Waals surface area (Å²) in [6, 6.07) is 0. The summed E-state index contributed by atoms with van der Waals surface area (Å²) < 4.78 is 6.96. The van der Waals surface area contributed by atoms with Crippen LogP contribution in [0.5, 0.6) is 0 Å². The molecule has 1 saturated heterocycles. The fourth-order valence-electron chi connectivity index (χ4n) is 1.15. The molecule has 0 aliphatic carbocycles. The number of aliphatic hydroxyl groups excluding tert-OH is 1. The Kier molecular flexibility index (Phi) is 2.52. The van der Waals surface area contributed by atoms with Crippen LogP contribution in [0, 0.1) is 0 Å². The van der Waals surface area contributed by atoms with Crippen LogP contribution in [-0.4, -0.2) is 44.4 Å². The molecule has 0 saturated carbocycles. The zero-order valence-electron chi connectivity index (χ0n) is 7.25. The molecule has 5 nitrogen and oxygen atoms in total. The Morgan fingerprint density at radius 3 is 3.08 bits per heavy atom. The second-order valence-electron chi connectivity index (χ2n) is 2.99. The van der Waals surface area contributed by atoms with Crippen LogP contribution < -0.4 is 0 Å². The van der Waals surface area contributed by atoms with Gasteiger partial charge in [0.25, 0.3) is 0 Å². The summed E-state index contributed by atoms with van der Waals surface area (Å²) in [5.41, 5.74) is 0. The third kappa shape index (κ3) is 1.84. The van der Waals surface area contributed by atoms with E-state index in [1.165, 1.54) is 11.8 Å². The second kappa shape index (κ2) is 3.65. The van der Waals surface area contributed by atoms with Crippen LogP contribution in [0.15, 0.2) is 11.5 Å². The van der Waals surface area contributed by atoms with Crippen molar-refractivity contribution < 1.29 is 9.84 Å². The maximum absolute atomic E-state index is 9.48. The number of thioether (sulfide) groups is 1. The predicted molar refractivity (Wildman–Crippen MR) is 47.5 cm³/mol. The van der Waals surface area contributed by atoms with E-state index in [0.29, 0.717) is 13.2 Å². The van der Waals surface area contributed by atoms with Crippen molar-refractivity contribution in [1.29, 1.82) is 0 Å². The highest BCUT2D eigenvalue weighted by Crippen LogP contribution is 2.26. The van der Waals surface area contributed by atoms with E-state index in [0.717, 1.165) is 5.16 Å². The van der Waals surface area contributed by atoms with Crippen molar-refractivity contribution in [3.63, 3.8) is 0 Å². The molecule has 0 amide bonds. The number of nitrogens with zero attached hydrogens (tertiary/aromatic N) is 3. The van der Waals surface area contributed by atoms with E-state index < -0.39 is 0 Å². The maximum Gasteiger partial charge on any atom is 0.191 e. The SMILES string of the molecule is Cn1cnnc1S[C@@H]1COC[C@H]1O. The van der Waals surface area contributed by atoms with Crippen molar-refractivity contribution >= 4 is 11.8 Å². The summed E-state index contributed by atoms with van der Waals surface area (Å²) in [7, 11) is 1.88. The van der Waals surface area contributed by atoms with Crippen LogP contribution in [0.2, 0.25) is 0 Å². The summed E-state index contributed by atoms with van der Waals surface area (Å²) in [5.74, 6) is 0. The first-order valence-electron chi connectivity index (χ1n) is 4.04. The standard InChI is InChI=1S/C7H11N3O2S/c1-10-4-8-9-7(10)13-6-3-12-2-5(6)11/h4-6,11H,2-3H2,1H3/t5-,6-/m1/s1. The summed E-state index contributed by atoms with van der Waals surface area (Å²) >= 11 is 1.51. The molecule has 13 heavy (non-hydrogen) atoms. The smallest absolute Gasteiger partial charge is 0.191 e. The lowest BCUT2D eigenvalue weighted by Gasteiger charge is -2.09. The van der Waals surface area contributed by atoms with E-state index in [1.807, 2.05) is 11.6 Å². The third-order valence-electron chi connectivity index (χ3n) is 1.93. The van der Waals surface area contributed by atoms with Crippen molar-refractivity contribution in [2.75, 3.05) is 13.2 Å².